The SMILES string of the molecule is CN1C(=O)[C@@H](NC(=O)/C(C=N)=C/NCc2ccccc2)CCc2cc3[nH]c(=O)[nH]c3cc21. The Hall–Kier alpha value is -4.14. The van der Waals surface area contributed by atoms with Gasteiger partial charge < -0.3 is 30.9 Å². The summed E-state index contributed by atoms with van der Waals surface area (Å²) in [4.78, 5) is 44.3. The number of nitrogens with one attached hydrogen (secondary N) is 5. The molecular formula is C23H24N6O3. The lowest BCUT2D eigenvalue weighted by Gasteiger charge is -2.22. The van der Waals surface area contributed by atoms with Crippen molar-refractivity contribution in [1.82, 2.24) is 20.6 Å². The molecule has 0 saturated carbocycles. The number of carbonyl (C=O) groups is 2. The van der Waals surface area contributed by atoms with Crippen LogP contribution in [0.1, 0.15) is 17.5 Å². The van der Waals surface area contributed by atoms with Gasteiger partial charge in [0, 0.05) is 31.7 Å². The third kappa shape index (κ3) is 4.31. The van der Waals surface area contributed by atoms with Gasteiger partial charge in [-0.2, -0.15) is 0 Å². The van der Waals surface area contributed by atoms with Crippen LogP contribution in [0.4, 0.5) is 5.69 Å². The van der Waals surface area contributed by atoms with E-state index in [1.807, 2.05) is 36.4 Å². The Bertz CT molecular complexity index is 1260. The number of hydrogen-bond acceptors (Lipinski definition) is 5. The maximum absolute atomic E-state index is 13.0. The average molecular weight is 432 g/mol. The van der Waals surface area contributed by atoms with Gasteiger partial charge in [0.25, 0.3) is 5.91 Å². The highest BCUT2D eigenvalue weighted by Gasteiger charge is 2.30. The predicted octanol–water partition coefficient (Wildman–Crippen LogP) is 1.57. The summed E-state index contributed by atoms with van der Waals surface area (Å²) in [7, 11) is 1.65. The Kier molecular flexibility index (Phi) is 5.89. The van der Waals surface area contributed by atoms with Crippen molar-refractivity contribution < 1.29 is 9.59 Å². The first-order chi connectivity index (χ1) is 15.5. The van der Waals surface area contributed by atoms with Crippen LogP contribution in [0.25, 0.3) is 11.0 Å². The van der Waals surface area contributed by atoms with E-state index in [0.29, 0.717) is 36.1 Å². The van der Waals surface area contributed by atoms with Gasteiger partial charge in [0.05, 0.1) is 16.6 Å². The quantitative estimate of drug-likeness (QED) is 0.299. The van der Waals surface area contributed by atoms with E-state index in [1.54, 1.807) is 13.1 Å². The number of amides is 2. The molecule has 1 aromatic heterocycles. The number of benzene rings is 2. The zero-order valence-corrected chi connectivity index (χ0v) is 17.6. The molecule has 1 aliphatic rings. The van der Waals surface area contributed by atoms with Crippen molar-refractivity contribution in [1.29, 1.82) is 5.41 Å². The van der Waals surface area contributed by atoms with E-state index in [4.69, 9.17) is 5.41 Å². The van der Waals surface area contributed by atoms with E-state index >= 15 is 0 Å². The summed E-state index contributed by atoms with van der Waals surface area (Å²) < 4.78 is 0. The highest BCUT2D eigenvalue weighted by atomic mass is 16.2. The first-order valence-electron chi connectivity index (χ1n) is 10.3. The smallest absolute Gasteiger partial charge is 0.323 e. The van der Waals surface area contributed by atoms with Crippen LogP contribution in [-0.4, -0.2) is 41.1 Å². The average Bonchev–Trinajstić information content (AvgIpc) is 3.12. The number of rotatable bonds is 6. The molecule has 1 aliphatic heterocycles. The second-order valence-corrected chi connectivity index (χ2v) is 7.68. The maximum Gasteiger partial charge on any atom is 0.323 e. The molecule has 0 fully saturated rings. The maximum atomic E-state index is 13.0. The number of aromatic amines is 2. The Labute approximate surface area is 184 Å². The predicted molar refractivity (Wildman–Crippen MR) is 123 cm³/mol. The first-order valence-corrected chi connectivity index (χ1v) is 10.3. The topological polar surface area (TPSA) is 134 Å². The largest absolute Gasteiger partial charge is 0.386 e. The lowest BCUT2D eigenvalue weighted by atomic mass is 10.0. The standard InChI is InChI=1S/C23H24N6O3/c1-29-20-10-19-18(27-23(32)28-19)9-15(20)7-8-17(22(29)31)26-21(30)16(11-24)13-25-12-14-5-3-2-4-6-14/h2-6,9-11,13,17,24-25H,7-8,12H2,1H3,(H,26,30)(H2,27,28,32)/b16-13+,24-11?/t17-/m0/s1. The lowest BCUT2D eigenvalue weighted by molar-refractivity contribution is -0.125. The van der Waals surface area contributed by atoms with Gasteiger partial charge in [-0.05, 0) is 36.1 Å². The van der Waals surface area contributed by atoms with E-state index < -0.39 is 11.9 Å². The second kappa shape index (κ2) is 8.93. The zero-order valence-electron chi connectivity index (χ0n) is 17.6. The molecular weight excluding hydrogens is 408 g/mol. The van der Waals surface area contributed by atoms with Crippen LogP contribution in [0.15, 0.2) is 59.0 Å². The Morgan fingerprint density at radius 2 is 1.91 bits per heavy atom. The fourth-order valence-electron chi connectivity index (χ4n) is 3.83. The molecule has 2 heterocycles. The number of anilines is 1. The van der Waals surface area contributed by atoms with Crippen molar-refractivity contribution in [2.75, 3.05) is 11.9 Å². The molecule has 3 aromatic rings. The number of aromatic nitrogens is 2. The van der Waals surface area contributed by atoms with E-state index in [2.05, 4.69) is 20.6 Å². The summed E-state index contributed by atoms with van der Waals surface area (Å²) in [6, 6.07) is 12.6. The molecule has 0 saturated heterocycles. The minimum absolute atomic E-state index is 0.129. The zero-order chi connectivity index (χ0) is 22.7. The number of fused-ring (bicyclic) bond motifs is 2. The van der Waals surface area contributed by atoms with Crippen LogP contribution < -0.4 is 21.2 Å². The van der Waals surface area contributed by atoms with Crippen LogP contribution in [0, 0.1) is 5.41 Å². The highest BCUT2D eigenvalue weighted by molar-refractivity contribution is 6.13. The molecule has 0 spiro atoms. The van der Waals surface area contributed by atoms with Crippen LogP contribution in [0.5, 0.6) is 0 Å². The molecule has 164 valence electrons. The number of nitrogens with zero attached hydrogens (tertiary/aromatic N) is 1. The minimum atomic E-state index is -0.727. The normalized spacial score (nSPS) is 16.4. The summed E-state index contributed by atoms with van der Waals surface area (Å²) in [5.41, 5.74) is 3.78. The van der Waals surface area contributed by atoms with Gasteiger partial charge in [-0.3, -0.25) is 9.59 Å². The lowest BCUT2D eigenvalue weighted by Crippen LogP contribution is -2.47. The van der Waals surface area contributed by atoms with Gasteiger partial charge in [-0.25, -0.2) is 4.79 Å². The molecule has 9 heteroatoms. The molecule has 2 amide bonds. The molecule has 32 heavy (non-hydrogen) atoms. The number of imidazole rings is 1. The van der Waals surface area contributed by atoms with Crippen LogP contribution in [-0.2, 0) is 22.6 Å². The van der Waals surface area contributed by atoms with E-state index in [9.17, 15) is 14.4 Å². The molecule has 9 nitrogen and oxygen atoms in total. The summed E-state index contributed by atoms with van der Waals surface area (Å²) >= 11 is 0. The van der Waals surface area contributed by atoms with Gasteiger partial charge in [-0.15, -0.1) is 0 Å². The second-order valence-electron chi connectivity index (χ2n) is 7.68. The van der Waals surface area contributed by atoms with Crippen LogP contribution >= 0.6 is 0 Å². The number of H-pyrrole nitrogens is 2. The summed E-state index contributed by atoms with van der Waals surface area (Å²) in [6.07, 6.45) is 3.40. The van der Waals surface area contributed by atoms with Gasteiger partial charge in [-0.1, -0.05) is 30.3 Å². The van der Waals surface area contributed by atoms with Crippen molar-refractivity contribution in [3.63, 3.8) is 0 Å². The number of likely N-dealkylation sites (N-methyl/N-ethyl adjacent to an activating group) is 1. The van der Waals surface area contributed by atoms with Crippen molar-refractivity contribution >= 4 is 34.7 Å². The fourth-order valence-corrected chi connectivity index (χ4v) is 3.83. The van der Waals surface area contributed by atoms with E-state index in [0.717, 1.165) is 17.3 Å². The molecule has 0 radical (unpaired) electrons. The van der Waals surface area contributed by atoms with Gasteiger partial charge in [0.15, 0.2) is 0 Å². The molecule has 4 rings (SSSR count). The Balaban J connectivity index is 1.46. The highest BCUT2D eigenvalue weighted by Crippen LogP contribution is 2.29. The third-order valence-electron chi connectivity index (χ3n) is 5.54. The number of carbonyl (C=O) groups excluding carboxylic acids is 2. The number of hydrogen-bond donors (Lipinski definition) is 5. The fraction of sp³-hybridized carbons (Fsp3) is 0.217. The molecule has 1 atom stereocenters. The summed E-state index contributed by atoms with van der Waals surface area (Å²) in [6.45, 7) is 0.515. The Morgan fingerprint density at radius 1 is 1.19 bits per heavy atom. The first kappa shape index (κ1) is 21.1. The van der Waals surface area contributed by atoms with Gasteiger partial charge >= 0.3 is 5.69 Å². The minimum Gasteiger partial charge on any atom is -0.386 e. The van der Waals surface area contributed by atoms with Crippen LogP contribution in [0.3, 0.4) is 0 Å². The van der Waals surface area contributed by atoms with Crippen molar-refractivity contribution in [3.8, 4) is 0 Å². The summed E-state index contributed by atoms with van der Waals surface area (Å²) in [5.74, 6) is -0.745. The van der Waals surface area contributed by atoms with Crippen molar-refractivity contribution in [2.45, 2.75) is 25.4 Å². The molecule has 0 aliphatic carbocycles. The van der Waals surface area contributed by atoms with Crippen LogP contribution in [0.2, 0.25) is 0 Å². The van der Waals surface area contributed by atoms with Gasteiger partial charge in [0.1, 0.15) is 6.04 Å². The Morgan fingerprint density at radius 3 is 2.62 bits per heavy atom. The molecule has 0 unspecified atom stereocenters. The van der Waals surface area contributed by atoms with Crippen molar-refractivity contribution in [3.05, 3.63) is 75.8 Å². The molecule has 2 aromatic carbocycles. The van der Waals surface area contributed by atoms with E-state index in [1.165, 1.54) is 11.1 Å². The third-order valence-corrected chi connectivity index (χ3v) is 5.54. The van der Waals surface area contributed by atoms with Gasteiger partial charge in [0.2, 0.25) is 5.91 Å². The molecule has 5 N–H and O–H groups in total. The summed E-state index contributed by atoms with van der Waals surface area (Å²) in [5, 5.41) is 13.4. The van der Waals surface area contributed by atoms with Crippen molar-refractivity contribution in [2.24, 2.45) is 0 Å². The van der Waals surface area contributed by atoms with E-state index in [-0.39, 0.29) is 17.2 Å². The number of aryl methyl sites for hydroxylation is 1. The monoisotopic (exact) mass is 432 g/mol. The molecule has 0 bridgehead atoms.